The van der Waals surface area contributed by atoms with Crippen LogP contribution in [-0.4, -0.2) is 0 Å². The first-order valence-electron chi connectivity index (χ1n) is 10.3. The molecule has 30 heavy (non-hydrogen) atoms. The Kier molecular flexibility index (Phi) is 4.98. The molecule has 6 rings (SSSR count). The second-order valence-electron chi connectivity index (χ2n) is 7.34. The van der Waals surface area contributed by atoms with Gasteiger partial charge in [0.2, 0.25) is 0 Å². The summed E-state index contributed by atoms with van der Waals surface area (Å²) in [5.74, 6) is 0. The first-order chi connectivity index (χ1) is 14.9. The van der Waals surface area contributed by atoms with Gasteiger partial charge in [0.1, 0.15) is 0 Å². The van der Waals surface area contributed by atoms with Crippen LogP contribution in [-0.2, 0) is 0 Å². The van der Waals surface area contributed by atoms with Gasteiger partial charge in [-0.05, 0) is 43.4 Å². The fraction of sp³-hybridized carbons (Fsp3) is 0. The third-order valence-corrected chi connectivity index (χ3v) is 5.52. The minimum Gasteiger partial charge on any atom is -0.0623 e. The molecule has 0 bridgehead atoms. The highest BCUT2D eigenvalue weighted by atomic mass is 14.1. The molecule has 0 atom stereocenters. The van der Waals surface area contributed by atoms with Crippen LogP contribution in [0.1, 0.15) is 0 Å². The van der Waals surface area contributed by atoms with E-state index in [9.17, 15) is 0 Å². The molecule has 6 aromatic rings. The lowest BCUT2D eigenvalue weighted by molar-refractivity contribution is 1.66. The molecule has 0 N–H and O–H groups in total. The Labute approximate surface area is 177 Å². The maximum absolute atomic E-state index is 2.25. The molecular formula is C30H22. The zero-order chi connectivity index (χ0) is 20.2. The van der Waals surface area contributed by atoms with Crippen molar-refractivity contribution in [2.24, 2.45) is 0 Å². The molecule has 6 aromatic carbocycles. The van der Waals surface area contributed by atoms with Gasteiger partial charge in [0.05, 0.1) is 0 Å². The Morgan fingerprint density at radius 3 is 1.17 bits per heavy atom. The van der Waals surface area contributed by atoms with Gasteiger partial charge >= 0.3 is 0 Å². The topological polar surface area (TPSA) is 0 Å². The third kappa shape index (κ3) is 3.33. The molecule has 0 saturated heterocycles. The Bertz CT molecular complexity index is 1340. The highest BCUT2D eigenvalue weighted by molar-refractivity contribution is 6.28. The molecule has 0 heterocycles. The van der Waals surface area contributed by atoms with Gasteiger partial charge in [0.15, 0.2) is 0 Å². The van der Waals surface area contributed by atoms with E-state index in [1.54, 1.807) is 0 Å². The average Bonchev–Trinajstić information content (AvgIpc) is 2.86. The molecule has 0 spiro atoms. The van der Waals surface area contributed by atoms with E-state index in [0.29, 0.717) is 0 Å². The first-order valence-corrected chi connectivity index (χ1v) is 10.3. The van der Waals surface area contributed by atoms with Crippen molar-refractivity contribution in [3.63, 3.8) is 0 Å². The van der Waals surface area contributed by atoms with E-state index in [2.05, 4.69) is 97.1 Å². The van der Waals surface area contributed by atoms with Crippen LogP contribution in [0, 0.1) is 0 Å². The summed E-state index contributed by atoms with van der Waals surface area (Å²) < 4.78 is 0. The Balaban J connectivity index is 0.000000279. The summed E-state index contributed by atoms with van der Waals surface area (Å²) >= 11 is 0. The van der Waals surface area contributed by atoms with Gasteiger partial charge in [-0.1, -0.05) is 133 Å². The zero-order valence-corrected chi connectivity index (χ0v) is 16.7. The molecule has 142 valence electrons. The SMILES string of the molecule is c1ccc(-c2cccc3c4ccccc4c4ccccc4c23)cc1.c1ccccc1. The predicted octanol–water partition coefficient (Wildman–Crippen LogP) is 8.50. The van der Waals surface area contributed by atoms with Crippen LogP contribution >= 0.6 is 0 Å². The standard InChI is InChI=1S/C24H16.C6H6/c1-2-9-17(10-3-1)18-15-8-16-23-21-12-5-4-11-19(21)20-13-6-7-14-22(20)24(18)23;1-2-4-6-5-3-1/h1-16H;1-6H. The summed E-state index contributed by atoms with van der Waals surface area (Å²) in [5.41, 5.74) is 2.57. The fourth-order valence-electron chi connectivity index (χ4n) is 4.20. The van der Waals surface area contributed by atoms with Gasteiger partial charge in [0, 0.05) is 0 Å². The van der Waals surface area contributed by atoms with Crippen molar-refractivity contribution in [2.75, 3.05) is 0 Å². The van der Waals surface area contributed by atoms with Gasteiger partial charge in [-0.15, -0.1) is 0 Å². The van der Waals surface area contributed by atoms with E-state index < -0.39 is 0 Å². The van der Waals surface area contributed by atoms with Crippen LogP contribution in [0.25, 0.3) is 43.4 Å². The maximum atomic E-state index is 2.25. The molecule has 0 saturated carbocycles. The van der Waals surface area contributed by atoms with Crippen molar-refractivity contribution in [3.8, 4) is 11.1 Å². The van der Waals surface area contributed by atoms with Gasteiger partial charge in [-0.2, -0.15) is 0 Å². The van der Waals surface area contributed by atoms with Crippen molar-refractivity contribution in [2.45, 2.75) is 0 Å². The lowest BCUT2D eigenvalue weighted by Crippen LogP contribution is -1.86. The molecule has 0 fully saturated rings. The first kappa shape index (κ1) is 18.1. The third-order valence-electron chi connectivity index (χ3n) is 5.52. The maximum Gasteiger partial charge on any atom is -0.00204 e. The monoisotopic (exact) mass is 382 g/mol. The van der Waals surface area contributed by atoms with Crippen molar-refractivity contribution < 1.29 is 0 Å². The largest absolute Gasteiger partial charge is 0.0623 e. The summed E-state index contributed by atoms with van der Waals surface area (Å²) in [6.45, 7) is 0. The minimum atomic E-state index is 1.27. The zero-order valence-electron chi connectivity index (χ0n) is 16.7. The molecule has 0 aliphatic carbocycles. The molecule has 0 unspecified atom stereocenters. The lowest BCUT2D eigenvalue weighted by Gasteiger charge is -2.14. The number of hydrogen-bond acceptors (Lipinski definition) is 0. The van der Waals surface area contributed by atoms with E-state index in [-0.39, 0.29) is 0 Å². The minimum absolute atomic E-state index is 1.27. The van der Waals surface area contributed by atoms with Crippen molar-refractivity contribution >= 4 is 32.3 Å². The smallest absolute Gasteiger partial charge is 0.00204 e. The van der Waals surface area contributed by atoms with Crippen LogP contribution in [0.15, 0.2) is 133 Å². The highest BCUT2D eigenvalue weighted by Crippen LogP contribution is 2.39. The molecule has 0 radical (unpaired) electrons. The normalized spacial score (nSPS) is 10.7. The van der Waals surface area contributed by atoms with Crippen molar-refractivity contribution in [3.05, 3.63) is 133 Å². The van der Waals surface area contributed by atoms with Crippen LogP contribution in [0.4, 0.5) is 0 Å². The number of benzene rings is 6. The molecule has 0 heteroatoms. The van der Waals surface area contributed by atoms with Crippen molar-refractivity contribution in [1.82, 2.24) is 0 Å². The summed E-state index contributed by atoms with van der Waals surface area (Å²) in [5, 5.41) is 7.97. The summed E-state index contributed by atoms with van der Waals surface area (Å²) in [6, 6.07) is 46.8. The summed E-state index contributed by atoms with van der Waals surface area (Å²) in [7, 11) is 0. The molecule has 0 amide bonds. The van der Waals surface area contributed by atoms with Gasteiger partial charge < -0.3 is 0 Å². The second-order valence-corrected chi connectivity index (χ2v) is 7.34. The van der Waals surface area contributed by atoms with Gasteiger partial charge in [-0.25, -0.2) is 0 Å². The Morgan fingerprint density at radius 1 is 0.267 bits per heavy atom. The second kappa shape index (κ2) is 8.23. The predicted molar refractivity (Wildman–Crippen MR) is 131 cm³/mol. The fourth-order valence-corrected chi connectivity index (χ4v) is 4.20. The molecule has 0 aliphatic heterocycles. The van der Waals surface area contributed by atoms with Crippen molar-refractivity contribution in [1.29, 1.82) is 0 Å². The van der Waals surface area contributed by atoms with E-state index in [0.717, 1.165) is 0 Å². The quantitative estimate of drug-likeness (QED) is 0.250. The van der Waals surface area contributed by atoms with E-state index in [4.69, 9.17) is 0 Å². The molecule has 0 aromatic heterocycles. The number of fused-ring (bicyclic) bond motifs is 6. The summed E-state index contributed by atoms with van der Waals surface area (Å²) in [4.78, 5) is 0. The highest BCUT2D eigenvalue weighted by Gasteiger charge is 2.11. The van der Waals surface area contributed by atoms with Gasteiger partial charge in [-0.3, -0.25) is 0 Å². The average molecular weight is 383 g/mol. The van der Waals surface area contributed by atoms with Crippen LogP contribution in [0.3, 0.4) is 0 Å². The number of hydrogen-bond donors (Lipinski definition) is 0. The Morgan fingerprint density at radius 2 is 0.633 bits per heavy atom. The number of rotatable bonds is 1. The molecule has 0 aliphatic rings. The van der Waals surface area contributed by atoms with Gasteiger partial charge in [0.25, 0.3) is 0 Å². The molecular weight excluding hydrogens is 360 g/mol. The summed E-state index contributed by atoms with van der Waals surface area (Å²) in [6.07, 6.45) is 0. The van der Waals surface area contributed by atoms with E-state index >= 15 is 0 Å². The van der Waals surface area contributed by atoms with Crippen LogP contribution in [0.2, 0.25) is 0 Å². The van der Waals surface area contributed by atoms with Crippen LogP contribution in [0.5, 0.6) is 0 Å². The van der Waals surface area contributed by atoms with E-state index in [1.165, 1.54) is 43.4 Å². The molecule has 0 nitrogen and oxygen atoms in total. The van der Waals surface area contributed by atoms with E-state index in [1.807, 2.05) is 36.4 Å². The van der Waals surface area contributed by atoms with Crippen LogP contribution < -0.4 is 0 Å². The Hall–Kier alpha value is -3.90. The lowest BCUT2D eigenvalue weighted by atomic mass is 9.89.